The van der Waals surface area contributed by atoms with Crippen LogP contribution in [0.3, 0.4) is 0 Å². The predicted molar refractivity (Wildman–Crippen MR) is 101 cm³/mol. The number of ketones is 1. The largest absolute Gasteiger partial charge is 0.416 e. The number of allylic oxidation sites excluding steroid dienone is 1. The van der Waals surface area contributed by atoms with Crippen molar-refractivity contribution in [1.29, 1.82) is 5.26 Å². The van der Waals surface area contributed by atoms with Crippen LogP contribution < -0.4 is 0 Å². The van der Waals surface area contributed by atoms with Gasteiger partial charge in [-0.15, -0.1) is 0 Å². The predicted octanol–water partition coefficient (Wildman–Crippen LogP) is 5.51. The molecule has 0 bridgehead atoms. The van der Waals surface area contributed by atoms with E-state index in [4.69, 9.17) is 5.26 Å². The van der Waals surface area contributed by atoms with Crippen LogP contribution in [0, 0.1) is 18.3 Å². The van der Waals surface area contributed by atoms with Gasteiger partial charge in [0.05, 0.1) is 11.1 Å². The molecular formula is C22H17F3N2O. The van der Waals surface area contributed by atoms with Gasteiger partial charge < -0.3 is 4.57 Å². The molecule has 0 N–H and O–H groups in total. The highest BCUT2D eigenvalue weighted by molar-refractivity contribution is 6.03. The van der Waals surface area contributed by atoms with Crippen LogP contribution in [0.25, 0.3) is 17.0 Å². The molecule has 1 aromatic heterocycles. The summed E-state index contributed by atoms with van der Waals surface area (Å²) in [6, 6.07) is 13.2. The summed E-state index contributed by atoms with van der Waals surface area (Å²) in [6.07, 6.45) is -1.14. The van der Waals surface area contributed by atoms with E-state index in [0.29, 0.717) is 16.7 Å². The van der Waals surface area contributed by atoms with Crippen molar-refractivity contribution in [2.24, 2.45) is 0 Å². The Morgan fingerprint density at radius 2 is 1.93 bits per heavy atom. The Labute approximate surface area is 160 Å². The summed E-state index contributed by atoms with van der Waals surface area (Å²) >= 11 is 0. The van der Waals surface area contributed by atoms with Crippen molar-refractivity contribution in [1.82, 2.24) is 4.57 Å². The second-order valence-electron chi connectivity index (χ2n) is 6.66. The van der Waals surface area contributed by atoms with Gasteiger partial charge in [0.2, 0.25) is 0 Å². The zero-order valence-corrected chi connectivity index (χ0v) is 15.3. The maximum absolute atomic E-state index is 13.1. The van der Waals surface area contributed by atoms with Gasteiger partial charge in [-0.25, -0.2) is 0 Å². The third kappa shape index (κ3) is 3.99. The number of Topliss-reactive ketones (excluding diaryl/α,β-unsaturated/α-hetero) is 1. The summed E-state index contributed by atoms with van der Waals surface area (Å²) in [7, 11) is 0. The maximum atomic E-state index is 13.1. The lowest BCUT2D eigenvalue weighted by Crippen LogP contribution is -2.07. The van der Waals surface area contributed by atoms with E-state index in [1.165, 1.54) is 13.0 Å². The van der Waals surface area contributed by atoms with Crippen molar-refractivity contribution in [2.75, 3.05) is 0 Å². The lowest BCUT2D eigenvalue weighted by molar-refractivity contribution is -0.137. The number of aromatic nitrogens is 1. The number of carbonyl (C=O) groups excluding carboxylic acids is 1. The molecule has 0 aliphatic heterocycles. The molecule has 3 aromatic rings. The van der Waals surface area contributed by atoms with Gasteiger partial charge in [0.15, 0.2) is 5.78 Å². The van der Waals surface area contributed by atoms with Crippen molar-refractivity contribution in [3.8, 4) is 6.07 Å². The van der Waals surface area contributed by atoms with Gasteiger partial charge in [-0.2, -0.15) is 18.4 Å². The van der Waals surface area contributed by atoms with Gasteiger partial charge in [-0.05, 0) is 43.7 Å². The van der Waals surface area contributed by atoms with Gasteiger partial charge in [0, 0.05) is 29.2 Å². The van der Waals surface area contributed by atoms with E-state index in [2.05, 4.69) is 0 Å². The summed E-state index contributed by atoms with van der Waals surface area (Å²) in [6.45, 7) is 3.19. The molecule has 0 fully saturated rings. The number of aryl methyl sites for hydroxylation is 1. The molecule has 0 unspecified atom stereocenters. The Balaban J connectivity index is 2.10. The van der Waals surface area contributed by atoms with Crippen molar-refractivity contribution in [2.45, 2.75) is 26.6 Å². The van der Waals surface area contributed by atoms with Crippen LogP contribution in [0.2, 0.25) is 0 Å². The summed E-state index contributed by atoms with van der Waals surface area (Å²) in [5.74, 6) is -0.340. The molecule has 0 radical (unpaired) electrons. The quantitative estimate of drug-likeness (QED) is 0.441. The van der Waals surface area contributed by atoms with Gasteiger partial charge in [-0.1, -0.05) is 29.8 Å². The topological polar surface area (TPSA) is 45.8 Å². The number of para-hydroxylation sites is 1. The van der Waals surface area contributed by atoms with Crippen LogP contribution in [-0.2, 0) is 17.5 Å². The first-order valence-electron chi connectivity index (χ1n) is 8.57. The average molecular weight is 382 g/mol. The summed E-state index contributed by atoms with van der Waals surface area (Å²) in [5, 5.41) is 9.98. The lowest BCUT2D eigenvalue weighted by Gasteiger charge is -2.12. The minimum atomic E-state index is -4.41. The molecule has 0 saturated heterocycles. The number of nitrogens with zero attached hydrogens (tertiary/aromatic N) is 2. The highest BCUT2D eigenvalue weighted by Gasteiger charge is 2.30. The molecule has 0 spiro atoms. The van der Waals surface area contributed by atoms with E-state index in [1.807, 2.05) is 34.9 Å². The van der Waals surface area contributed by atoms with Gasteiger partial charge in [0.25, 0.3) is 0 Å². The fraction of sp³-hybridized carbons (Fsp3) is 0.182. The fourth-order valence-corrected chi connectivity index (χ4v) is 3.20. The van der Waals surface area contributed by atoms with Crippen molar-refractivity contribution < 1.29 is 18.0 Å². The van der Waals surface area contributed by atoms with Crippen LogP contribution in [0.4, 0.5) is 13.2 Å². The number of hydrogen-bond donors (Lipinski definition) is 0. The Hall–Kier alpha value is -3.33. The fourth-order valence-electron chi connectivity index (χ4n) is 3.20. The molecule has 3 nitrogen and oxygen atoms in total. The van der Waals surface area contributed by atoms with E-state index in [9.17, 15) is 18.0 Å². The van der Waals surface area contributed by atoms with E-state index in [-0.39, 0.29) is 17.9 Å². The third-order valence-electron chi connectivity index (χ3n) is 4.44. The van der Waals surface area contributed by atoms with Crippen molar-refractivity contribution >= 4 is 22.8 Å². The van der Waals surface area contributed by atoms with Crippen LogP contribution in [0.5, 0.6) is 0 Å². The molecule has 1 heterocycles. The summed E-state index contributed by atoms with van der Waals surface area (Å²) < 4.78 is 41.2. The number of carbonyl (C=O) groups is 1. The molecule has 142 valence electrons. The summed E-state index contributed by atoms with van der Waals surface area (Å²) in [5.41, 5.74) is 1.89. The second kappa shape index (κ2) is 7.35. The van der Waals surface area contributed by atoms with E-state index in [1.54, 1.807) is 19.2 Å². The molecule has 0 amide bonds. The monoisotopic (exact) mass is 382 g/mol. The number of benzene rings is 2. The zero-order valence-electron chi connectivity index (χ0n) is 15.3. The molecular weight excluding hydrogens is 365 g/mol. The number of nitriles is 1. The molecule has 28 heavy (non-hydrogen) atoms. The molecule has 2 aromatic carbocycles. The second-order valence-corrected chi connectivity index (χ2v) is 6.66. The Morgan fingerprint density at radius 3 is 2.57 bits per heavy atom. The number of rotatable bonds is 4. The number of halogens is 3. The average Bonchev–Trinajstić information content (AvgIpc) is 2.96. The molecule has 0 aliphatic rings. The van der Waals surface area contributed by atoms with Gasteiger partial charge in [0.1, 0.15) is 6.07 Å². The first kappa shape index (κ1) is 19.4. The van der Waals surface area contributed by atoms with E-state index < -0.39 is 11.7 Å². The van der Waals surface area contributed by atoms with E-state index in [0.717, 1.165) is 23.0 Å². The first-order chi connectivity index (χ1) is 13.2. The molecule has 0 aliphatic carbocycles. The number of fused-ring (bicyclic) bond motifs is 1. The zero-order chi connectivity index (χ0) is 20.5. The van der Waals surface area contributed by atoms with Crippen LogP contribution in [0.15, 0.2) is 54.2 Å². The lowest BCUT2D eigenvalue weighted by atomic mass is 10.1. The highest BCUT2D eigenvalue weighted by Crippen LogP contribution is 2.31. The number of alkyl halides is 3. The van der Waals surface area contributed by atoms with Gasteiger partial charge in [-0.3, -0.25) is 4.79 Å². The molecule has 0 atom stereocenters. The molecule has 6 heteroatoms. The highest BCUT2D eigenvalue weighted by atomic mass is 19.4. The molecule has 0 saturated carbocycles. The van der Waals surface area contributed by atoms with Crippen molar-refractivity contribution in [3.05, 3.63) is 76.5 Å². The third-order valence-corrected chi connectivity index (χ3v) is 4.44. The Morgan fingerprint density at radius 1 is 1.21 bits per heavy atom. The Kier molecular flexibility index (Phi) is 5.10. The van der Waals surface area contributed by atoms with Gasteiger partial charge >= 0.3 is 6.18 Å². The summed E-state index contributed by atoms with van der Waals surface area (Å²) in [4.78, 5) is 11.6. The van der Waals surface area contributed by atoms with Crippen molar-refractivity contribution in [3.63, 3.8) is 0 Å². The van der Waals surface area contributed by atoms with Crippen LogP contribution >= 0.6 is 0 Å². The SMILES string of the molecule is CC(=O)/C(C#N)=C/c1cn(Cc2cc(C)cc(C(F)(F)F)c2)c2ccccc12. The van der Waals surface area contributed by atoms with Crippen LogP contribution in [-0.4, -0.2) is 10.4 Å². The minimum absolute atomic E-state index is 0.0258. The standard InChI is InChI=1S/C22H17F3N2O/c1-14-7-16(9-19(8-14)22(23,24)25)12-27-13-18(10-17(11-26)15(2)28)20-5-3-4-6-21(20)27/h3-10,13H,12H2,1-2H3/b17-10+. The molecule has 3 rings (SSSR count). The number of hydrogen-bond acceptors (Lipinski definition) is 2. The first-order valence-corrected chi connectivity index (χ1v) is 8.57. The minimum Gasteiger partial charge on any atom is -0.342 e. The Bertz CT molecular complexity index is 1130. The smallest absolute Gasteiger partial charge is 0.342 e. The van der Waals surface area contributed by atoms with Crippen LogP contribution in [0.1, 0.15) is 29.2 Å². The maximum Gasteiger partial charge on any atom is 0.416 e. The normalized spacial score (nSPS) is 12.2. The van der Waals surface area contributed by atoms with E-state index >= 15 is 0 Å².